The highest BCUT2D eigenvalue weighted by Gasteiger charge is 2.21. The lowest BCUT2D eigenvalue weighted by atomic mass is 10.3. The first kappa shape index (κ1) is 9.70. The molecule has 0 unspecified atom stereocenters. The van der Waals surface area contributed by atoms with Gasteiger partial charge in [0.25, 0.3) is 5.69 Å². The lowest BCUT2D eigenvalue weighted by molar-refractivity contribution is -0.384. The number of anilines is 2. The van der Waals surface area contributed by atoms with Gasteiger partial charge >= 0.3 is 0 Å². The highest BCUT2D eigenvalue weighted by molar-refractivity contribution is 5.52. The van der Waals surface area contributed by atoms with Gasteiger partial charge in [0.15, 0.2) is 0 Å². The van der Waals surface area contributed by atoms with Crippen LogP contribution in [0, 0.1) is 16.0 Å². The predicted octanol–water partition coefficient (Wildman–Crippen LogP) is 1.39. The topological polar surface area (TPSA) is 94.1 Å². The second-order valence-corrected chi connectivity index (χ2v) is 3.72. The Morgan fingerprint density at radius 2 is 2.33 bits per heavy atom. The van der Waals surface area contributed by atoms with E-state index in [4.69, 9.17) is 5.73 Å². The SMILES string of the molecule is Nc1cc([N+](=O)[O-])cc(NCC2CC2)n1. The van der Waals surface area contributed by atoms with Crippen LogP contribution in [0.1, 0.15) is 12.8 Å². The summed E-state index contributed by atoms with van der Waals surface area (Å²) in [6, 6.07) is 2.65. The first-order chi connectivity index (χ1) is 7.15. The number of nitrogens with one attached hydrogen (secondary N) is 1. The van der Waals surface area contributed by atoms with Crippen LogP contribution in [0.15, 0.2) is 12.1 Å². The Morgan fingerprint density at radius 1 is 1.60 bits per heavy atom. The zero-order chi connectivity index (χ0) is 10.8. The third-order valence-electron chi connectivity index (χ3n) is 2.31. The molecule has 1 aliphatic carbocycles. The average molecular weight is 208 g/mol. The van der Waals surface area contributed by atoms with Crippen LogP contribution >= 0.6 is 0 Å². The summed E-state index contributed by atoms with van der Waals surface area (Å²) in [6.07, 6.45) is 2.44. The normalized spacial score (nSPS) is 14.9. The Balaban J connectivity index is 2.10. The molecule has 1 heterocycles. The maximum Gasteiger partial charge on any atom is 0.276 e. The van der Waals surface area contributed by atoms with E-state index in [0.29, 0.717) is 11.7 Å². The Hall–Kier alpha value is -1.85. The molecule has 0 spiro atoms. The summed E-state index contributed by atoms with van der Waals surface area (Å²) in [4.78, 5) is 14.1. The number of nitrogens with two attached hydrogens (primary N) is 1. The monoisotopic (exact) mass is 208 g/mol. The highest BCUT2D eigenvalue weighted by atomic mass is 16.6. The number of hydrogen-bond acceptors (Lipinski definition) is 5. The number of nitrogens with zero attached hydrogens (tertiary/aromatic N) is 2. The molecular weight excluding hydrogens is 196 g/mol. The molecule has 0 saturated heterocycles. The largest absolute Gasteiger partial charge is 0.383 e. The second-order valence-electron chi connectivity index (χ2n) is 3.72. The van der Waals surface area contributed by atoms with E-state index in [1.807, 2.05) is 0 Å². The maximum absolute atomic E-state index is 10.6. The molecule has 0 atom stereocenters. The van der Waals surface area contributed by atoms with Crippen LogP contribution in [0.2, 0.25) is 0 Å². The molecule has 0 aromatic carbocycles. The van der Waals surface area contributed by atoms with Crippen molar-refractivity contribution in [3.63, 3.8) is 0 Å². The minimum absolute atomic E-state index is 0.0270. The fourth-order valence-electron chi connectivity index (χ4n) is 1.30. The van der Waals surface area contributed by atoms with Crippen molar-refractivity contribution in [1.29, 1.82) is 0 Å². The average Bonchev–Trinajstić information content (AvgIpc) is 2.97. The molecule has 6 nitrogen and oxygen atoms in total. The minimum Gasteiger partial charge on any atom is -0.383 e. The van der Waals surface area contributed by atoms with Crippen molar-refractivity contribution in [2.75, 3.05) is 17.6 Å². The van der Waals surface area contributed by atoms with E-state index in [-0.39, 0.29) is 11.5 Å². The quantitative estimate of drug-likeness (QED) is 0.576. The lowest BCUT2D eigenvalue weighted by Gasteiger charge is -2.04. The van der Waals surface area contributed by atoms with Crippen LogP contribution in [0.5, 0.6) is 0 Å². The molecular formula is C9H12N4O2. The maximum atomic E-state index is 10.6. The summed E-state index contributed by atoms with van der Waals surface area (Å²) in [6.45, 7) is 0.813. The molecule has 0 aliphatic heterocycles. The van der Waals surface area contributed by atoms with Crippen LogP contribution in [0.4, 0.5) is 17.3 Å². The van der Waals surface area contributed by atoms with Crippen molar-refractivity contribution in [3.8, 4) is 0 Å². The van der Waals surface area contributed by atoms with E-state index in [0.717, 1.165) is 6.54 Å². The number of aromatic nitrogens is 1. The zero-order valence-corrected chi connectivity index (χ0v) is 8.14. The third kappa shape index (κ3) is 2.55. The van der Waals surface area contributed by atoms with Gasteiger partial charge in [0.1, 0.15) is 11.6 Å². The van der Waals surface area contributed by atoms with Gasteiger partial charge in [-0.15, -0.1) is 0 Å². The van der Waals surface area contributed by atoms with Crippen LogP contribution in [-0.4, -0.2) is 16.5 Å². The Labute approximate surface area is 86.6 Å². The predicted molar refractivity (Wildman–Crippen MR) is 56.5 cm³/mol. The van der Waals surface area contributed by atoms with E-state index in [1.54, 1.807) is 0 Å². The molecule has 0 bridgehead atoms. The molecule has 1 aromatic heterocycles. The van der Waals surface area contributed by atoms with Gasteiger partial charge in [-0.2, -0.15) is 0 Å². The summed E-state index contributed by atoms with van der Waals surface area (Å²) < 4.78 is 0. The van der Waals surface area contributed by atoms with Crippen molar-refractivity contribution < 1.29 is 4.92 Å². The van der Waals surface area contributed by atoms with Crippen LogP contribution < -0.4 is 11.1 Å². The molecule has 1 aliphatic rings. The number of nitro groups is 1. The molecule has 3 N–H and O–H groups in total. The number of hydrogen-bond donors (Lipinski definition) is 2. The van der Waals surface area contributed by atoms with Crippen molar-refractivity contribution in [3.05, 3.63) is 22.2 Å². The summed E-state index contributed by atoms with van der Waals surface area (Å²) in [5.41, 5.74) is 5.44. The van der Waals surface area contributed by atoms with Crippen LogP contribution in [0.3, 0.4) is 0 Å². The van der Waals surface area contributed by atoms with E-state index in [1.165, 1.54) is 25.0 Å². The van der Waals surface area contributed by atoms with Gasteiger partial charge in [-0.1, -0.05) is 0 Å². The van der Waals surface area contributed by atoms with Crippen molar-refractivity contribution in [2.45, 2.75) is 12.8 Å². The Kier molecular flexibility index (Phi) is 2.40. The zero-order valence-electron chi connectivity index (χ0n) is 8.14. The van der Waals surface area contributed by atoms with Gasteiger partial charge < -0.3 is 11.1 Å². The van der Waals surface area contributed by atoms with Gasteiger partial charge in [-0.05, 0) is 18.8 Å². The molecule has 15 heavy (non-hydrogen) atoms. The number of pyridine rings is 1. The standard InChI is InChI=1S/C9H12N4O2/c10-8-3-7(13(14)15)4-9(12-8)11-5-6-1-2-6/h3-4,6H,1-2,5H2,(H3,10,11,12). The third-order valence-corrected chi connectivity index (χ3v) is 2.31. The summed E-state index contributed by atoms with van der Waals surface area (Å²) in [7, 11) is 0. The molecule has 0 radical (unpaired) electrons. The van der Waals surface area contributed by atoms with E-state index in [2.05, 4.69) is 10.3 Å². The van der Waals surface area contributed by atoms with Gasteiger partial charge in [0, 0.05) is 6.54 Å². The van der Waals surface area contributed by atoms with E-state index < -0.39 is 4.92 Å². The lowest BCUT2D eigenvalue weighted by Crippen LogP contribution is -2.06. The molecule has 2 rings (SSSR count). The van der Waals surface area contributed by atoms with Crippen molar-refractivity contribution >= 4 is 17.3 Å². The molecule has 80 valence electrons. The fraction of sp³-hybridized carbons (Fsp3) is 0.444. The van der Waals surface area contributed by atoms with E-state index in [9.17, 15) is 10.1 Å². The highest BCUT2D eigenvalue weighted by Crippen LogP contribution is 2.29. The molecule has 1 aromatic rings. The number of rotatable bonds is 4. The Bertz CT molecular complexity index is 390. The summed E-state index contributed by atoms with van der Waals surface area (Å²) in [5, 5.41) is 13.6. The Morgan fingerprint density at radius 3 is 2.93 bits per heavy atom. The fourth-order valence-corrected chi connectivity index (χ4v) is 1.30. The van der Waals surface area contributed by atoms with Gasteiger partial charge in [-0.25, -0.2) is 4.98 Å². The molecule has 1 saturated carbocycles. The molecule has 6 heteroatoms. The van der Waals surface area contributed by atoms with Gasteiger partial charge in [0.2, 0.25) is 0 Å². The van der Waals surface area contributed by atoms with Crippen LogP contribution in [-0.2, 0) is 0 Å². The van der Waals surface area contributed by atoms with E-state index >= 15 is 0 Å². The summed E-state index contributed by atoms with van der Waals surface area (Å²) >= 11 is 0. The van der Waals surface area contributed by atoms with Crippen molar-refractivity contribution in [2.24, 2.45) is 5.92 Å². The molecule has 0 amide bonds. The van der Waals surface area contributed by atoms with Crippen molar-refractivity contribution in [1.82, 2.24) is 4.98 Å². The summed E-state index contributed by atoms with van der Waals surface area (Å²) in [5.74, 6) is 1.34. The first-order valence-electron chi connectivity index (χ1n) is 4.81. The van der Waals surface area contributed by atoms with Gasteiger partial charge in [0.05, 0.1) is 17.1 Å². The molecule has 1 fully saturated rings. The minimum atomic E-state index is -0.472. The second kappa shape index (κ2) is 3.72. The number of nitrogen functional groups attached to an aromatic ring is 1. The smallest absolute Gasteiger partial charge is 0.276 e. The van der Waals surface area contributed by atoms with Crippen LogP contribution in [0.25, 0.3) is 0 Å². The van der Waals surface area contributed by atoms with Gasteiger partial charge in [-0.3, -0.25) is 10.1 Å². The first-order valence-corrected chi connectivity index (χ1v) is 4.81.